The van der Waals surface area contributed by atoms with Gasteiger partial charge in [-0.05, 0) is 103 Å². The van der Waals surface area contributed by atoms with Crippen molar-refractivity contribution in [2.24, 2.45) is 0 Å². The fourth-order valence-corrected chi connectivity index (χ4v) is 12.3. The molecule has 6 saturated heterocycles. The van der Waals surface area contributed by atoms with Gasteiger partial charge >= 0.3 is 6.09 Å². The Labute approximate surface area is 721 Å². The molecule has 3 N–H and O–H groups in total. The van der Waals surface area contributed by atoms with Crippen LogP contribution in [0.4, 0.5) is 26.6 Å². The third-order valence-electron chi connectivity index (χ3n) is 17.3. The molecule has 2 radical (unpaired) electrons. The molecule has 16 rings (SSSR count). The van der Waals surface area contributed by atoms with Gasteiger partial charge in [0, 0.05) is 143 Å². The molecular weight excluding hydrogens is 1690 g/mol. The molecule has 0 atom stereocenters. The number of carbonyl (C=O) groups is 5. The number of hydrogen-bond acceptors (Lipinski definition) is 21. The van der Waals surface area contributed by atoms with E-state index in [4.69, 9.17) is 49.9 Å². The first-order chi connectivity index (χ1) is 56.0. The number of nitrogens with zero attached hydrogens (tertiary/aromatic N) is 13. The van der Waals surface area contributed by atoms with Crippen LogP contribution in [-0.4, -0.2) is 223 Å². The molecule has 118 heavy (non-hydrogen) atoms. The maximum atomic E-state index is 14.3. The number of imide groups is 1. The van der Waals surface area contributed by atoms with Gasteiger partial charge < -0.3 is 60.8 Å². The van der Waals surface area contributed by atoms with Gasteiger partial charge in [0.2, 0.25) is 11.8 Å². The zero-order valence-electron chi connectivity index (χ0n) is 67.5. The van der Waals surface area contributed by atoms with Crippen LogP contribution in [0.5, 0.6) is 0 Å². The van der Waals surface area contributed by atoms with Gasteiger partial charge in [0.15, 0.2) is 11.6 Å². The molecule has 6 fully saturated rings. The second-order valence-corrected chi connectivity index (χ2v) is 28.2. The summed E-state index contributed by atoms with van der Waals surface area (Å²) in [4.78, 5) is 69.1. The molecule has 9 aromatic rings. The number of nitriles is 1. The molecule has 33 heteroatoms. The largest absolute Gasteiger partial charge is 0.443 e. The molecule has 4 aromatic carbocycles. The van der Waals surface area contributed by atoms with Crippen molar-refractivity contribution in [1.82, 2.24) is 54.7 Å². The zero-order chi connectivity index (χ0) is 82.4. The summed E-state index contributed by atoms with van der Waals surface area (Å²) in [6.45, 7) is 22.9. The summed E-state index contributed by atoms with van der Waals surface area (Å²) >= 11 is 9.54. The quantitative estimate of drug-likeness (QED) is 0.0846. The number of carbonyl (C=O) groups excluding carboxylic acids is 5. The Morgan fingerprint density at radius 2 is 1.11 bits per heavy atom. The number of pyridine rings is 1. The molecule has 0 spiro atoms. The van der Waals surface area contributed by atoms with Crippen molar-refractivity contribution in [3.8, 4) is 17.3 Å². The van der Waals surface area contributed by atoms with Crippen LogP contribution in [0.3, 0.4) is 0 Å². The Morgan fingerprint density at radius 3 is 1.64 bits per heavy atom. The van der Waals surface area contributed by atoms with Crippen LogP contribution in [0, 0.1) is 24.6 Å². The predicted molar refractivity (Wildman–Crippen MR) is 455 cm³/mol. The Balaban J connectivity index is 0.000000292. The van der Waals surface area contributed by atoms with Crippen LogP contribution in [0.2, 0.25) is 11.8 Å². The zero-order valence-corrected chi connectivity index (χ0v) is 71.4. The van der Waals surface area contributed by atoms with Gasteiger partial charge in [0.05, 0.1) is 145 Å². The van der Waals surface area contributed by atoms with Crippen molar-refractivity contribution in [3.05, 3.63) is 221 Å². The summed E-state index contributed by atoms with van der Waals surface area (Å²) in [5.41, 5.74) is 3.44. The van der Waals surface area contributed by atoms with E-state index in [-0.39, 0.29) is 86.7 Å². The molecule has 0 aliphatic carbocycles. The van der Waals surface area contributed by atoms with Crippen LogP contribution in [-0.2, 0) is 94.1 Å². The number of rotatable bonds is 10. The van der Waals surface area contributed by atoms with Crippen molar-refractivity contribution in [3.63, 3.8) is 0 Å². The van der Waals surface area contributed by atoms with Gasteiger partial charge in [-0.2, -0.15) is 25.7 Å². The summed E-state index contributed by atoms with van der Waals surface area (Å²) in [5, 5.41) is 39.2. The van der Waals surface area contributed by atoms with Crippen molar-refractivity contribution in [2.45, 2.75) is 118 Å². The minimum atomic E-state index is -0.813. The van der Waals surface area contributed by atoms with E-state index in [1.165, 1.54) is 60.6 Å². The number of ketones is 1. The molecule has 640 valence electrons. The van der Waals surface area contributed by atoms with E-state index < -0.39 is 23.4 Å². The average molecular weight is 1800 g/mol. The van der Waals surface area contributed by atoms with Gasteiger partial charge in [0.1, 0.15) is 27.6 Å². The minimum absolute atomic E-state index is 0. The molecule has 5 aromatic heterocycles. The van der Waals surface area contributed by atoms with Crippen LogP contribution in [0.15, 0.2) is 169 Å². The maximum Gasteiger partial charge on any atom is 0.417 e. The van der Waals surface area contributed by atoms with E-state index in [0.29, 0.717) is 96.6 Å². The number of aromatic amines is 1. The molecule has 7 aliphatic heterocycles. The standard InChI is InChI=1S/C19H15ClFN3O3.C15H17N3O2.C15H19N3O.C10H9BrN2.C8H13N3O.C5H9NO2.C5H8O2.C4H8O.CH3B.CH4O.CH4.CH3.Pd/c1-19(2,3)27-18(26)24-9-14-16(17(24)25)11(20)7-13(23-14)15-10(8-22)5-4-6-12(15)21;19-15-7-10-20-11-9-18(15)14-6-8-17(16-14)12-13-4-2-1-3-5-13;1-2-5-14(6-3-1)13-18-9-7-15(16-18)17-8-4-11-19-12-10-17;11-10-6-7-13(12-10)8-9-4-2-1-3-5-9;1-4-11(5-7-12-6-1)8-2-3-9-10-8;7-5-1-3-8-4-2-6-5;6-5-1-3-7-4-2-5;1-2-4-5-3-1;2*1-2;;;/h4-7H,9H2,1-3H3;1-6,8H,7,9-12H2;1-3,5-7,9H,4,8,10-13H2;1-7H,8H2;2-3H,1,4-7H2,(H,9,10);1-4H2,(H,6,7);1-4H2;1-4H2;1H3;2H,1H3;1H4;1H3;/q;;;;;;;;;;;-1;. The van der Waals surface area contributed by atoms with E-state index in [9.17, 15) is 33.6 Å². The Hall–Kier alpha value is -9.34. The summed E-state index contributed by atoms with van der Waals surface area (Å²) in [6, 6.07) is 46.0. The molecule has 7 aliphatic rings. The SMILES string of the molecule is Brc1ccn(Cc2ccccc2)n1.C.C1CCOC1.CC(C)(C)OC(=O)N1Cc2nc(-c3c(F)cccc3C#N)cc(Cl)c2C1=O.CO.O=C1CCOCC1.O=C1CCOCCN1.O=C1CCOCCN1c1ccn(Cc2ccccc2)n1.[B]C.[CH3-].[Pd].c1cc(N2CCCOCC2)[nH]n1.c1ccc(Cn2ccc(N3CCCOCC3)n2)cc1. The first-order valence-corrected chi connectivity index (χ1v) is 39.5. The van der Waals surface area contributed by atoms with E-state index in [2.05, 4.69) is 124 Å². The number of benzene rings is 4. The number of hydrogen-bond donors (Lipinski definition) is 3. The number of H-pyrrole nitrogens is 1. The number of nitrogens with one attached hydrogen (secondary N) is 2. The first-order valence-electron chi connectivity index (χ1n) is 38.3. The fourth-order valence-electron chi connectivity index (χ4n) is 11.7. The molecule has 12 heterocycles. The van der Waals surface area contributed by atoms with Crippen LogP contribution in [0.1, 0.15) is 118 Å². The molecular formula is C85H112BBrClFN15O13Pd-. The number of Topliss-reactive ketones (excluding diaryl/α,β-unsaturated/α-hetero) is 1. The average Bonchev–Trinajstić information content (AvgIpc) is 1.58. The number of anilines is 3. The smallest absolute Gasteiger partial charge is 0.417 e. The number of ether oxygens (including phenoxy) is 7. The third-order valence-corrected chi connectivity index (χ3v) is 18.0. The summed E-state index contributed by atoms with van der Waals surface area (Å²) in [6.07, 6.45) is 13.8. The second-order valence-electron chi connectivity index (χ2n) is 26.9. The number of halogens is 3. The van der Waals surface area contributed by atoms with E-state index in [0.717, 1.165) is 120 Å². The van der Waals surface area contributed by atoms with Gasteiger partial charge in [0.25, 0.3) is 5.91 Å². The van der Waals surface area contributed by atoms with Crippen LogP contribution < -0.4 is 20.0 Å². The van der Waals surface area contributed by atoms with Crippen molar-refractivity contribution in [2.75, 3.05) is 140 Å². The number of aromatic nitrogens is 9. The van der Waals surface area contributed by atoms with Crippen molar-refractivity contribution < 1.29 is 87.1 Å². The third kappa shape index (κ3) is 36.1. The Bertz CT molecular complexity index is 4330. The minimum Gasteiger partial charge on any atom is -0.443 e. The van der Waals surface area contributed by atoms with Gasteiger partial charge in [-0.15, -0.1) is 0 Å². The molecule has 4 amide bonds. The fraction of sp³-hybridized carbons (Fsp3) is 0.435. The monoisotopic (exact) mass is 1800 g/mol. The summed E-state index contributed by atoms with van der Waals surface area (Å²) in [5.74, 6) is 2.11. The van der Waals surface area contributed by atoms with E-state index in [1.54, 1.807) is 31.9 Å². The number of amides is 4. The topological polar surface area (TPSA) is 314 Å². The summed E-state index contributed by atoms with van der Waals surface area (Å²) in [7, 11) is 5.50. The van der Waals surface area contributed by atoms with Crippen molar-refractivity contribution >= 4 is 82.4 Å². The Kier molecular flexibility index (Phi) is 48.7. The normalized spacial score (nSPS) is 15.4. The summed E-state index contributed by atoms with van der Waals surface area (Å²) < 4.78 is 57.1. The maximum absolute atomic E-state index is 14.3. The number of aliphatic hydroxyl groups is 1. The second kappa shape index (κ2) is 56.9. The molecule has 0 bridgehead atoms. The first kappa shape index (κ1) is 101. The molecule has 0 saturated carbocycles. The number of aliphatic hydroxyl groups excluding tert-OH is 1. The Morgan fingerprint density at radius 1 is 0.610 bits per heavy atom. The van der Waals surface area contributed by atoms with Gasteiger partial charge in [-0.25, -0.2) is 19.1 Å². The molecule has 0 unspecified atom stereocenters. The van der Waals surface area contributed by atoms with Crippen LogP contribution in [0.25, 0.3) is 11.3 Å². The predicted octanol–water partition coefficient (Wildman–Crippen LogP) is 13.1. The van der Waals surface area contributed by atoms with E-state index in [1.807, 2.05) is 99.4 Å². The number of fused-ring (bicyclic) bond motifs is 1. The van der Waals surface area contributed by atoms with E-state index >= 15 is 0 Å². The van der Waals surface area contributed by atoms with Crippen LogP contribution >= 0.6 is 27.5 Å². The van der Waals surface area contributed by atoms with Crippen molar-refractivity contribution in [1.29, 1.82) is 5.26 Å². The van der Waals surface area contributed by atoms with Gasteiger partial charge in [-0.3, -0.25) is 43.2 Å². The molecule has 28 nitrogen and oxygen atoms in total. The van der Waals surface area contributed by atoms with Gasteiger partial charge in [-0.1, -0.05) is 123 Å².